The van der Waals surface area contributed by atoms with Crippen molar-refractivity contribution in [3.63, 3.8) is 0 Å². The molecule has 0 aromatic carbocycles. The zero-order chi connectivity index (χ0) is 26.6. The van der Waals surface area contributed by atoms with Gasteiger partial charge in [0.1, 0.15) is 18.1 Å². The summed E-state index contributed by atoms with van der Waals surface area (Å²) >= 11 is 0. The summed E-state index contributed by atoms with van der Waals surface area (Å²) in [7, 11) is 0. The first kappa shape index (κ1) is 30.2. The predicted octanol–water partition coefficient (Wildman–Crippen LogP) is -3.49. The molecule has 0 spiro atoms. The molecule has 0 aliphatic carbocycles. The van der Waals surface area contributed by atoms with Crippen LogP contribution in [0.2, 0.25) is 0 Å². The minimum atomic E-state index is -1.64. The Balaban J connectivity index is 5.52. The number of amides is 5. The number of nitrogens with one attached hydrogen (secondary N) is 3. The van der Waals surface area contributed by atoms with Crippen molar-refractivity contribution in [3.05, 3.63) is 0 Å². The van der Waals surface area contributed by atoms with Crippen LogP contribution in [0.3, 0.4) is 0 Å². The first-order valence-corrected chi connectivity index (χ1v) is 10.3. The Morgan fingerprint density at radius 3 is 1.68 bits per heavy atom. The van der Waals surface area contributed by atoms with E-state index in [0.29, 0.717) is 0 Å². The maximum absolute atomic E-state index is 12.7. The summed E-state index contributed by atoms with van der Waals surface area (Å²) in [4.78, 5) is 82.0. The normalized spacial score (nSPS) is 14.2. The Morgan fingerprint density at radius 1 is 0.735 bits per heavy atom. The number of carbonyl (C=O) groups is 7. The summed E-state index contributed by atoms with van der Waals surface area (Å²) < 4.78 is 0. The molecule has 0 heterocycles. The summed E-state index contributed by atoms with van der Waals surface area (Å²) in [5.74, 6) is -7.73. The van der Waals surface area contributed by atoms with Gasteiger partial charge in [0, 0.05) is 6.42 Å². The van der Waals surface area contributed by atoms with Gasteiger partial charge in [-0.15, -0.1) is 0 Å². The van der Waals surface area contributed by atoms with E-state index in [1.54, 1.807) is 13.8 Å². The van der Waals surface area contributed by atoms with Gasteiger partial charge in [0.05, 0.1) is 18.9 Å². The second kappa shape index (κ2) is 14.4. The van der Waals surface area contributed by atoms with Crippen LogP contribution in [0.15, 0.2) is 0 Å². The second-order valence-corrected chi connectivity index (χ2v) is 8.03. The number of carbonyl (C=O) groups excluding carboxylic acids is 5. The van der Waals surface area contributed by atoms with Crippen LogP contribution in [0.1, 0.15) is 46.0 Å². The van der Waals surface area contributed by atoms with Gasteiger partial charge >= 0.3 is 11.9 Å². The van der Waals surface area contributed by atoms with E-state index in [2.05, 4.69) is 16.0 Å². The molecule has 0 fully saturated rings. The molecular formula is C19H32N6O9. The summed E-state index contributed by atoms with van der Waals surface area (Å²) in [6.45, 7) is 3.41. The first-order chi connectivity index (χ1) is 15.6. The van der Waals surface area contributed by atoms with Gasteiger partial charge in [-0.1, -0.05) is 13.8 Å². The van der Waals surface area contributed by atoms with E-state index in [1.165, 1.54) is 0 Å². The van der Waals surface area contributed by atoms with E-state index in [4.69, 9.17) is 27.4 Å². The van der Waals surface area contributed by atoms with E-state index in [9.17, 15) is 33.6 Å². The van der Waals surface area contributed by atoms with E-state index in [1.807, 2.05) is 0 Å². The number of rotatable bonds is 16. The number of hydrogen-bond donors (Lipinski definition) is 8. The highest BCUT2D eigenvalue weighted by Crippen LogP contribution is 2.08. The lowest BCUT2D eigenvalue weighted by Crippen LogP contribution is -2.58. The number of aliphatic carboxylic acids is 2. The molecule has 0 radical (unpaired) electrons. The van der Waals surface area contributed by atoms with Gasteiger partial charge < -0.3 is 43.4 Å². The van der Waals surface area contributed by atoms with Crippen molar-refractivity contribution in [1.29, 1.82) is 0 Å². The van der Waals surface area contributed by atoms with Crippen LogP contribution in [-0.4, -0.2) is 75.9 Å². The molecule has 0 saturated carbocycles. The molecule has 0 saturated heterocycles. The molecule has 34 heavy (non-hydrogen) atoms. The average Bonchev–Trinajstić information content (AvgIpc) is 2.68. The molecular weight excluding hydrogens is 456 g/mol. The van der Waals surface area contributed by atoms with Crippen LogP contribution in [0.25, 0.3) is 0 Å². The molecule has 0 aliphatic heterocycles. The van der Waals surface area contributed by atoms with Crippen LogP contribution in [0.4, 0.5) is 0 Å². The van der Waals surface area contributed by atoms with Crippen molar-refractivity contribution < 1.29 is 43.8 Å². The quantitative estimate of drug-likeness (QED) is 0.106. The molecule has 11 N–H and O–H groups in total. The Morgan fingerprint density at radius 2 is 1.24 bits per heavy atom. The van der Waals surface area contributed by atoms with Crippen molar-refractivity contribution in [2.45, 2.75) is 70.1 Å². The number of hydrogen-bond acceptors (Lipinski definition) is 8. The third-order valence-corrected chi connectivity index (χ3v) is 4.41. The third kappa shape index (κ3) is 12.3. The molecule has 15 nitrogen and oxygen atoms in total. The number of carboxylic acid groups (broad SMARTS) is 2. The summed E-state index contributed by atoms with van der Waals surface area (Å²) in [6, 6.07) is -5.85. The third-order valence-electron chi connectivity index (χ3n) is 4.41. The van der Waals surface area contributed by atoms with Crippen molar-refractivity contribution in [1.82, 2.24) is 16.0 Å². The Bertz CT molecular complexity index is 801. The van der Waals surface area contributed by atoms with Gasteiger partial charge in [-0.3, -0.25) is 28.8 Å². The van der Waals surface area contributed by atoms with Crippen LogP contribution in [-0.2, 0) is 33.6 Å². The zero-order valence-corrected chi connectivity index (χ0v) is 18.9. The maximum atomic E-state index is 12.7. The molecule has 15 heteroatoms. The Labute approximate surface area is 195 Å². The van der Waals surface area contributed by atoms with Crippen molar-refractivity contribution >= 4 is 41.5 Å². The minimum Gasteiger partial charge on any atom is -0.481 e. The standard InChI is InChI=1S/C19H32N6O9/c1-8(2)5-10(17(31)25-12(19(33)34)6-14(22)27)24-18(32)11(7-15(28)29)23-16(30)9(20)3-4-13(21)26/h8-12H,3-7,20H2,1-2H3,(H2,21,26)(H2,22,27)(H,23,30)(H,24,32)(H,25,31)(H,28,29)(H,33,34). The molecule has 192 valence electrons. The fourth-order valence-corrected chi connectivity index (χ4v) is 2.74. The highest BCUT2D eigenvalue weighted by molar-refractivity contribution is 5.96. The SMILES string of the molecule is CC(C)CC(NC(=O)C(CC(=O)O)NC(=O)C(N)CCC(N)=O)C(=O)NC(CC(N)=O)C(=O)O. The topological polar surface area (TPSA) is 274 Å². The smallest absolute Gasteiger partial charge is 0.326 e. The molecule has 0 rings (SSSR count). The molecule has 0 aliphatic rings. The highest BCUT2D eigenvalue weighted by Gasteiger charge is 2.32. The van der Waals surface area contributed by atoms with Gasteiger partial charge in [0.25, 0.3) is 0 Å². The monoisotopic (exact) mass is 488 g/mol. The maximum Gasteiger partial charge on any atom is 0.326 e. The second-order valence-electron chi connectivity index (χ2n) is 8.03. The van der Waals surface area contributed by atoms with E-state index in [0.717, 1.165) is 0 Å². The Hall–Kier alpha value is -3.75. The molecule has 0 aromatic heterocycles. The summed E-state index contributed by atoms with van der Waals surface area (Å²) in [5.41, 5.74) is 15.6. The lowest BCUT2D eigenvalue weighted by molar-refractivity contribution is -0.144. The summed E-state index contributed by atoms with van der Waals surface area (Å²) in [6.07, 6.45) is -1.87. The number of nitrogens with two attached hydrogens (primary N) is 3. The Kier molecular flexibility index (Phi) is 12.8. The van der Waals surface area contributed by atoms with Gasteiger partial charge in [-0.05, 0) is 18.8 Å². The minimum absolute atomic E-state index is 0.0202. The van der Waals surface area contributed by atoms with Crippen molar-refractivity contribution in [2.24, 2.45) is 23.1 Å². The predicted molar refractivity (Wildman–Crippen MR) is 115 cm³/mol. The largest absolute Gasteiger partial charge is 0.481 e. The molecule has 5 amide bonds. The molecule has 0 bridgehead atoms. The van der Waals surface area contributed by atoms with Crippen LogP contribution in [0, 0.1) is 5.92 Å². The lowest BCUT2D eigenvalue weighted by Gasteiger charge is -2.25. The molecule has 0 aromatic rings. The number of primary amides is 2. The van der Waals surface area contributed by atoms with E-state index in [-0.39, 0.29) is 25.2 Å². The van der Waals surface area contributed by atoms with Crippen molar-refractivity contribution in [3.8, 4) is 0 Å². The molecule has 4 unspecified atom stereocenters. The number of carboxylic acids is 2. The van der Waals surface area contributed by atoms with Gasteiger partial charge in [0.15, 0.2) is 0 Å². The van der Waals surface area contributed by atoms with Gasteiger partial charge in [-0.25, -0.2) is 4.79 Å². The van der Waals surface area contributed by atoms with Crippen molar-refractivity contribution in [2.75, 3.05) is 0 Å². The lowest BCUT2D eigenvalue weighted by atomic mass is 10.0. The highest BCUT2D eigenvalue weighted by atomic mass is 16.4. The van der Waals surface area contributed by atoms with E-state index < -0.39 is 78.5 Å². The van der Waals surface area contributed by atoms with Crippen LogP contribution in [0.5, 0.6) is 0 Å². The van der Waals surface area contributed by atoms with E-state index >= 15 is 0 Å². The fraction of sp³-hybridized carbons (Fsp3) is 0.632. The summed E-state index contributed by atoms with van der Waals surface area (Å²) in [5, 5.41) is 24.8. The van der Waals surface area contributed by atoms with Crippen LogP contribution < -0.4 is 33.2 Å². The molecule has 4 atom stereocenters. The van der Waals surface area contributed by atoms with Gasteiger partial charge in [-0.2, -0.15) is 0 Å². The fourth-order valence-electron chi connectivity index (χ4n) is 2.74. The van der Waals surface area contributed by atoms with Crippen LogP contribution >= 0.6 is 0 Å². The zero-order valence-electron chi connectivity index (χ0n) is 18.9. The first-order valence-electron chi connectivity index (χ1n) is 10.3. The average molecular weight is 488 g/mol. The van der Waals surface area contributed by atoms with Gasteiger partial charge in [0.2, 0.25) is 29.5 Å².